The Hall–Kier alpha value is -1.32. The molecule has 0 saturated carbocycles. The van der Waals surface area contributed by atoms with E-state index in [0.29, 0.717) is 12.6 Å². The van der Waals surface area contributed by atoms with Gasteiger partial charge in [-0.25, -0.2) is 0 Å². The van der Waals surface area contributed by atoms with Crippen LogP contribution in [0.5, 0.6) is 5.75 Å². The molecule has 0 bridgehead atoms. The Balaban J connectivity index is 2.11. The van der Waals surface area contributed by atoms with Gasteiger partial charge in [0.2, 0.25) is 0 Å². The quantitative estimate of drug-likeness (QED) is 0.672. The van der Waals surface area contributed by atoms with Gasteiger partial charge in [0.05, 0.1) is 6.61 Å². The summed E-state index contributed by atoms with van der Waals surface area (Å²) in [6.07, 6.45) is 2.28. The molecular weight excluding hydrogens is 338 g/mol. The highest BCUT2D eigenvalue weighted by molar-refractivity contribution is 9.10. The summed E-state index contributed by atoms with van der Waals surface area (Å²) >= 11 is 3.55. The fourth-order valence-electron chi connectivity index (χ4n) is 2.58. The molecule has 22 heavy (non-hydrogen) atoms. The van der Waals surface area contributed by atoms with Crippen molar-refractivity contribution in [2.75, 3.05) is 6.61 Å². The van der Waals surface area contributed by atoms with Gasteiger partial charge in [-0.3, -0.25) is 0 Å². The molecule has 0 fully saturated rings. The molecule has 2 nitrogen and oxygen atoms in total. The summed E-state index contributed by atoms with van der Waals surface area (Å²) in [4.78, 5) is 0. The molecule has 0 radical (unpaired) electrons. The van der Waals surface area contributed by atoms with Crippen LogP contribution in [0.2, 0.25) is 0 Å². The highest BCUT2D eigenvalue weighted by Crippen LogP contribution is 2.25. The number of hydrogen-bond donors (Lipinski definition) is 1. The van der Waals surface area contributed by atoms with E-state index >= 15 is 0 Å². The molecule has 2 rings (SSSR count). The molecule has 1 unspecified atom stereocenters. The smallest absolute Gasteiger partial charge is 0.123 e. The highest BCUT2D eigenvalue weighted by Gasteiger charge is 2.11. The average molecular weight is 362 g/mol. The Labute approximate surface area is 142 Å². The zero-order valence-electron chi connectivity index (χ0n) is 13.3. The van der Waals surface area contributed by atoms with E-state index in [1.54, 1.807) is 0 Å². The van der Waals surface area contributed by atoms with Crippen molar-refractivity contribution in [3.63, 3.8) is 0 Å². The van der Waals surface area contributed by atoms with Gasteiger partial charge in [-0.1, -0.05) is 59.6 Å². The van der Waals surface area contributed by atoms with Crippen LogP contribution >= 0.6 is 15.9 Å². The molecule has 2 aromatic rings. The van der Waals surface area contributed by atoms with Crippen LogP contribution in [-0.2, 0) is 6.54 Å². The average Bonchev–Trinajstić information content (AvgIpc) is 2.54. The molecule has 2 aromatic carbocycles. The van der Waals surface area contributed by atoms with Crippen molar-refractivity contribution in [3.8, 4) is 5.75 Å². The normalized spacial score (nSPS) is 12.1. The van der Waals surface area contributed by atoms with Crippen molar-refractivity contribution in [2.24, 2.45) is 0 Å². The second-order valence-corrected chi connectivity index (χ2v) is 6.23. The molecule has 0 aliphatic carbocycles. The number of rotatable bonds is 8. The number of halogens is 1. The lowest BCUT2D eigenvalue weighted by molar-refractivity contribution is 0.334. The van der Waals surface area contributed by atoms with Crippen molar-refractivity contribution in [2.45, 2.75) is 39.3 Å². The van der Waals surface area contributed by atoms with E-state index in [9.17, 15) is 0 Å². The molecule has 0 aromatic heterocycles. The second kappa shape index (κ2) is 8.96. The maximum atomic E-state index is 5.73. The summed E-state index contributed by atoms with van der Waals surface area (Å²) in [6.45, 7) is 5.73. The molecule has 3 heteroatoms. The van der Waals surface area contributed by atoms with Crippen LogP contribution in [0.3, 0.4) is 0 Å². The standard InChI is InChI=1S/C19H24BrNO/c1-3-8-18(15-9-6-5-7-10-15)21-14-16-13-17(20)11-12-19(16)22-4-2/h5-7,9-13,18,21H,3-4,8,14H2,1-2H3. The van der Waals surface area contributed by atoms with E-state index in [1.807, 2.05) is 19.1 Å². The first kappa shape index (κ1) is 17.0. The van der Waals surface area contributed by atoms with Gasteiger partial charge in [-0.05, 0) is 37.1 Å². The van der Waals surface area contributed by atoms with Gasteiger partial charge in [-0.15, -0.1) is 0 Å². The largest absolute Gasteiger partial charge is 0.494 e. The van der Waals surface area contributed by atoms with E-state index in [2.05, 4.69) is 64.6 Å². The Bertz CT molecular complexity index is 571. The Kier molecular flexibility index (Phi) is 6.94. The third kappa shape index (κ3) is 4.85. The second-order valence-electron chi connectivity index (χ2n) is 5.32. The summed E-state index contributed by atoms with van der Waals surface area (Å²) in [5.41, 5.74) is 2.53. The predicted molar refractivity (Wildman–Crippen MR) is 96.2 cm³/mol. The van der Waals surface area contributed by atoms with Gasteiger partial charge in [0.15, 0.2) is 0 Å². The molecule has 0 aliphatic heterocycles. The summed E-state index contributed by atoms with van der Waals surface area (Å²) in [5, 5.41) is 3.68. The maximum Gasteiger partial charge on any atom is 0.123 e. The lowest BCUT2D eigenvalue weighted by Crippen LogP contribution is -2.21. The maximum absolute atomic E-state index is 5.73. The fraction of sp³-hybridized carbons (Fsp3) is 0.368. The van der Waals surface area contributed by atoms with E-state index < -0.39 is 0 Å². The lowest BCUT2D eigenvalue weighted by atomic mass is 10.0. The van der Waals surface area contributed by atoms with Gasteiger partial charge in [0.1, 0.15) is 5.75 Å². The van der Waals surface area contributed by atoms with Crippen LogP contribution in [0.1, 0.15) is 43.9 Å². The Morgan fingerprint density at radius 3 is 2.55 bits per heavy atom. The Morgan fingerprint density at radius 2 is 1.86 bits per heavy atom. The minimum atomic E-state index is 0.375. The first-order chi connectivity index (χ1) is 10.7. The summed E-state index contributed by atoms with van der Waals surface area (Å²) in [5.74, 6) is 0.960. The van der Waals surface area contributed by atoms with Gasteiger partial charge in [0, 0.05) is 22.6 Å². The summed E-state index contributed by atoms with van der Waals surface area (Å²) in [6, 6.07) is 17.2. The third-order valence-electron chi connectivity index (χ3n) is 3.64. The third-order valence-corrected chi connectivity index (χ3v) is 4.13. The SMILES string of the molecule is CCCC(NCc1cc(Br)ccc1OCC)c1ccccc1. The van der Waals surface area contributed by atoms with Crippen LogP contribution in [-0.4, -0.2) is 6.61 Å². The van der Waals surface area contributed by atoms with Gasteiger partial charge in [-0.2, -0.15) is 0 Å². The first-order valence-electron chi connectivity index (χ1n) is 7.94. The number of nitrogens with one attached hydrogen (secondary N) is 1. The van der Waals surface area contributed by atoms with Gasteiger partial charge < -0.3 is 10.1 Å². The molecule has 0 spiro atoms. The highest BCUT2D eigenvalue weighted by atomic mass is 79.9. The van der Waals surface area contributed by atoms with Crippen LogP contribution in [0, 0.1) is 0 Å². The molecule has 0 heterocycles. The van der Waals surface area contributed by atoms with E-state index in [1.165, 1.54) is 11.1 Å². The Morgan fingerprint density at radius 1 is 1.09 bits per heavy atom. The van der Waals surface area contributed by atoms with Gasteiger partial charge in [0.25, 0.3) is 0 Å². The topological polar surface area (TPSA) is 21.3 Å². The zero-order valence-corrected chi connectivity index (χ0v) is 14.9. The summed E-state index contributed by atoms with van der Waals surface area (Å²) in [7, 11) is 0. The van der Waals surface area contributed by atoms with E-state index in [4.69, 9.17) is 4.74 Å². The minimum Gasteiger partial charge on any atom is -0.494 e. The van der Waals surface area contributed by atoms with E-state index in [-0.39, 0.29) is 0 Å². The zero-order chi connectivity index (χ0) is 15.8. The van der Waals surface area contributed by atoms with Crippen LogP contribution < -0.4 is 10.1 Å². The van der Waals surface area contributed by atoms with Crippen molar-refractivity contribution in [1.82, 2.24) is 5.32 Å². The van der Waals surface area contributed by atoms with E-state index in [0.717, 1.165) is 29.6 Å². The number of benzene rings is 2. The van der Waals surface area contributed by atoms with Crippen LogP contribution in [0.4, 0.5) is 0 Å². The van der Waals surface area contributed by atoms with Crippen LogP contribution in [0.15, 0.2) is 53.0 Å². The molecule has 0 saturated heterocycles. The molecule has 0 aliphatic rings. The van der Waals surface area contributed by atoms with Crippen molar-refractivity contribution < 1.29 is 4.74 Å². The minimum absolute atomic E-state index is 0.375. The predicted octanol–water partition coefficient (Wildman–Crippen LogP) is 5.48. The number of hydrogen-bond acceptors (Lipinski definition) is 2. The molecule has 1 atom stereocenters. The summed E-state index contributed by atoms with van der Waals surface area (Å²) < 4.78 is 6.81. The van der Waals surface area contributed by atoms with Crippen molar-refractivity contribution in [3.05, 3.63) is 64.1 Å². The van der Waals surface area contributed by atoms with Crippen molar-refractivity contribution in [1.29, 1.82) is 0 Å². The molecule has 0 amide bonds. The molecular formula is C19H24BrNO. The lowest BCUT2D eigenvalue weighted by Gasteiger charge is -2.20. The van der Waals surface area contributed by atoms with Crippen LogP contribution in [0.25, 0.3) is 0 Å². The molecule has 118 valence electrons. The first-order valence-corrected chi connectivity index (χ1v) is 8.73. The number of ether oxygens (including phenoxy) is 1. The monoisotopic (exact) mass is 361 g/mol. The van der Waals surface area contributed by atoms with Crippen molar-refractivity contribution >= 4 is 15.9 Å². The van der Waals surface area contributed by atoms with Gasteiger partial charge >= 0.3 is 0 Å². The fourth-order valence-corrected chi connectivity index (χ4v) is 2.98. The molecule has 1 N–H and O–H groups in total.